The monoisotopic (exact) mass is 297 g/mol. The van der Waals surface area contributed by atoms with Crippen molar-refractivity contribution < 1.29 is 9.84 Å². The zero-order chi connectivity index (χ0) is 13.8. The smallest absolute Gasteiger partial charge is 0.212 e. The van der Waals surface area contributed by atoms with Gasteiger partial charge in [-0.1, -0.05) is 35.3 Å². The summed E-state index contributed by atoms with van der Waals surface area (Å²) in [6.07, 6.45) is 1.28. The van der Waals surface area contributed by atoms with Gasteiger partial charge in [0.25, 0.3) is 0 Å². The fraction of sp³-hybridized carbons (Fsp3) is 0.214. The molecule has 0 saturated heterocycles. The molecule has 19 heavy (non-hydrogen) atoms. The Morgan fingerprint density at radius 2 is 2.05 bits per heavy atom. The third-order valence-electron chi connectivity index (χ3n) is 2.80. The Morgan fingerprint density at radius 3 is 2.68 bits per heavy atom. The maximum absolute atomic E-state index is 10.2. The van der Waals surface area contributed by atoms with Crippen molar-refractivity contribution >= 4 is 23.2 Å². The van der Waals surface area contributed by atoms with Crippen LogP contribution < -0.4 is 4.74 Å². The van der Waals surface area contributed by atoms with Gasteiger partial charge in [-0.25, -0.2) is 4.98 Å². The van der Waals surface area contributed by atoms with Gasteiger partial charge in [0, 0.05) is 18.7 Å². The fourth-order valence-electron chi connectivity index (χ4n) is 1.74. The molecule has 1 unspecified atom stereocenters. The minimum absolute atomic E-state index is 0.382. The van der Waals surface area contributed by atoms with E-state index >= 15 is 0 Å². The summed E-state index contributed by atoms with van der Waals surface area (Å²) in [5.74, 6) is 0.511. The topological polar surface area (TPSA) is 42.4 Å². The first kappa shape index (κ1) is 14.1. The molecule has 0 aliphatic carbocycles. The van der Waals surface area contributed by atoms with Crippen LogP contribution in [0.5, 0.6) is 5.88 Å². The highest BCUT2D eigenvalue weighted by molar-refractivity contribution is 6.42. The molecule has 100 valence electrons. The maximum Gasteiger partial charge on any atom is 0.212 e. The van der Waals surface area contributed by atoms with Gasteiger partial charge in [0.1, 0.15) is 0 Å². The van der Waals surface area contributed by atoms with E-state index in [1.54, 1.807) is 31.5 Å². The zero-order valence-corrected chi connectivity index (χ0v) is 11.8. The van der Waals surface area contributed by atoms with E-state index in [0.717, 1.165) is 5.56 Å². The summed E-state index contributed by atoms with van der Waals surface area (Å²) < 4.78 is 4.97. The predicted molar refractivity (Wildman–Crippen MR) is 75.9 cm³/mol. The second kappa shape index (κ2) is 6.24. The molecule has 1 aromatic carbocycles. The molecule has 0 amide bonds. The summed E-state index contributed by atoms with van der Waals surface area (Å²) in [4.78, 5) is 4.06. The van der Waals surface area contributed by atoms with Crippen LogP contribution in [0.3, 0.4) is 0 Å². The zero-order valence-electron chi connectivity index (χ0n) is 10.3. The van der Waals surface area contributed by atoms with E-state index in [1.165, 1.54) is 0 Å². The number of benzene rings is 1. The molecule has 1 atom stereocenters. The maximum atomic E-state index is 10.2. The van der Waals surface area contributed by atoms with E-state index in [-0.39, 0.29) is 0 Å². The number of hydrogen-bond donors (Lipinski definition) is 1. The number of aliphatic hydroxyl groups excluding tert-OH is 1. The molecule has 0 saturated carbocycles. The second-order valence-electron chi connectivity index (χ2n) is 4.07. The predicted octanol–water partition coefficient (Wildman–Crippen LogP) is 3.67. The van der Waals surface area contributed by atoms with Gasteiger partial charge in [-0.3, -0.25) is 0 Å². The molecule has 1 heterocycles. The van der Waals surface area contributed by atoms with Crippen molar-refractivity contribution in [3.63, 3.8) is 0 Å². The molecule has 0 bridgehead atoms. The highest BCUT2D eigenvalue weighted by Crippen LogP contribution is 2.29. The summed E-state index contributed by atoms with van der Waals surface area (Å²) in [6, 6.07) is 8.85. The third-order valence-corrected chi connectivity index (χ3v) is 3.66. The van der Waals surface area contributed by atoms with Crippen LogP contribution in [0.1, 0.15) is 17.2 Å². The largest absolute Gasteiger partial charge is 0.481 e. The number of hydrogen-bond acceptors (Lipinski definition) is 3. The standard InChI is InChI=1S/C14H13Cl2NO2/c1-19-13-6-5-10(8-17-13)12(18)7-9-3-2-4-11(15)14(9)16/h2-6,8,12,18H,7H2,1H3. The van der Waals surface area contributed by atoms with Gasteiger partial charge in [0.2, 0.25) is 5.88 Å². The number of aliphatic hydroxyl groups is 1. The molecule has 3 nitrogen and oxygen atoms in total. The van der Waals surface area contributed by atoms with Crippen LogP contribution in [-0.4, -0.2) is 17.2 Å². The van der Waals surface area contributed by atoms with E-state index < -0.39 is 6.10 Å². The van der Waals surface area contributed by atoms with Gasteiger partial charge in [0.15, 0.2) is 0 Å². The number of nitrogens with zero attached hydrogens (tertiary/aromatic N) is 1. The van der Waals surface area contributed by atoms with Crippen LogP contribution >= 0.6 is 23.2 Å². The van der Waals surface area contributed by atoms with Gasteiger partial charge in [0.05, 0.1) is 23.3 Å². The highest BCUT2D eigenvalue weighted by atomic mass is 35.5. The van der Waals surface area contributed by atoms with Crippen molar-refractivity contribution in [2.75, 3.05) is 7.11 Å². The Kier molecular flexibility index (Phi) is 4.64. The first-order valence-corrected chi connectivity index (χ1v) is 6.48. The summed E-state index contributed by atoms with van der Waals surface area (Å²) >= 11 is 12.0. The molecule has 2 rings (SSSR count). The van der Waals surface area contributed by atoms with Crippen LogP contribution in [0.25, 0.3) is 0 Å². The molecule has 0 aliphatic heterocycles. The van der Waals surface area contributed by atoms with Crippen molar-refractivity contribution in [3.05, 3.63) is 57.7 Å². The Hall–Kier alpha value is -1.29. The lowest BCUT2D eigenvalue weighted by Gasteiger charge is -2.12. The van der Waals surface area contributed by atoms with Crippen LogP contribution in [0, 0.1) is 0 Å². The van der Waals surface area contributed by atoms with Crippen molar-refractivity contribution in [1.82, 2.24) is 4.98 Å². The number of halogens is 2. The molecule has 0 aliphatic rings. The molecule has 5 heteroatoms. The molecule has 2 aromatic rings. The average Bonchev–Trinajstić information content (AvgIpc) is 2.44. The molecule has 0 spiro atoms. The minimum Gasteiger partial charge on any atom is -0.481 e. The van der Waals surface area contributed by atoms with Crippen LogP contribution in [0.15, 0.2) is 36.5 Å². The van der Waals surface area contributed by atoms with Crippen molar-refractivity contribution in [2.45, 2.75) is 12.5 Å². The average molecular weight is 298 g/mol. The first-order chi connectivity index (χ1) is 9.11. The SMILES string of the molecule is COc1ccc(C(O)Cc2cccc(Cl)c2Cl)cn1. The molecule has 1 N–H and O–H groups in total. The van der Waals surface area contributed by atoms with Gasteiger partial charge >= 0.3 is 0 Å². The minimum atomic E-state index is -0.686. The molecular weight excluding hydrogens is 285 g/mol. The van der Waals surface area contributed by atoms with Gasteiger partial charge in [-0.15, -0.1) is 0 Å². The van der Waals surface area contributed by atoms with Crippen LogP contribution in [0.2, 0.25) is 10.0 Å². The summed E-state index contributed by atoms with van der Waals surface area (Å²) in [5.41, 5.74) is 1.51. The highest BCUT2D eigenvalue weighted by Gasteiger charge is 2.12. The fourth-order valence-corrected chi connectivity index (χ4v) is 2.14. The number of pyridine rings is 1. The van der Waals surface area contributed by atoms with E-state index in [0.29, 0.717) is 27.9 Å². The second-order valence-corrected chi connectivity index (χ2v) is 4.85. The third kappa shape index (κ3) is 3.38. The normalized spacial score (nSPS) is 12.2. The van der Waals surface area contributed by atoms with Gasteiger partial charge in [-0.05, 0) is 23.3 Å². The van der Waals surface area contributed by atoms with Crippen molar-refractivity contribution in [2.24, 2.45) is 0 Å². The Labute approximate surface area is 121 Å². The number of methoxy groups -OCH3 is 1. The van der Waals surface area contributed by atoms with Gasteiger partial charge < -0.3 is 9.84 Å². The number of aromatic nitrogens is 1. The first-order valence-electron chi connectivity index (χ1n) is 5.72. The Balaban J connectivity index is 2.15. The molecule has 1 aromatic heterocycles. The van der Waals surface area contributed by atoms with Crippen molar-refractivity contribution in [1.29, 1.82) is 0 Å². The summed E-state index contributed by atoms with van der Waals surface area (Å²) in [7, 11) is 1.55. The Bertz CT molecular complexity index is 558. The van der Waals surface area contributed by atoms with Crippen LogP contribution in [0.4, 0.5) is 0 Å². The molecule has 0 radical (unpaired) electrons. The van der Waals surface area contributed by atoms with E-state index in [4.69, 9.17) is 27.9 Å². The number of rotatable bonds is 4. The lowest BCUT2D eigenvalue weighted by molar-refractivity contribution is 0.178. The van der Waals surface area contributed by atoms with E-state index in [2.05, 4.69) is 4.98 Å². The lowest BCUT2D eigenvalue weighted by atomic mass is 10.0. The summed E-state index contributed by atoms with van der Waals surface area (Å²) in [6.45, 7) is 0. The van der Waals surface area contributed by atoms with Crippen molar-refractivity contribution in [3.8, 4) is 5.88 Å². The lowest BCUT2D eigenvalue weighted by Crippen LogP contribution is -2.03. The van der Waals surface area contributed by atoms with Gasteiger partial charge in [-0.2, -0.15) is 0 Å². The number of ether oxygens (including phenoxy) is 1. The van der Waals surface area contributed by atoms with Crippen LogP contribution in [-0.2, 0) is 6.42 Å². The molecule has 0 fully saturated rings. The quantitative estimate of drug-likeness (QED) is 0.936. The Morgan fingerprint density at radius 1 is 1.26 bits per heavy atom. The summed E-state index contributed by atoms with van der Waals surface area (Å²) in [5, 5.41) is 11.1. The van der Waals surface area contributed by atoms with E-state index in [9.17, 15) is 5.11 Å². The van der Waals surface area contributed by atoms with E-state index in [1.807, 2.05) is 12.1 Å². The molecular formula is C14H13Cl2NO2.